The van der Waals surface area contributed by atoms with Crippen LogP contribution in [0.1, 0.15) is 36.8 Å². The Bertz CT molecular complexity index is 809. The zero-order valence-electron chi connectivity index (χ0n) is 16.7. The van der Waals surface area contributed by atoms with E-state index in [1.54, 1.807) is 7.11 Å². The normalized spacial score (nSPS) is 22.0. The molecule has 2 aromatic rings. The van der Waals surface area contributed by atoms with E-state index in [1.165, 1.54) is 0 Å². The molecule has 0 radical (unpaired) electrons. The third kappa shape index (κ3) is 4.21. The minimum absolute atomic E-state index is 0.0306. The van der Waals surface area contributed by atoms with Crippen LogP contribution in [-0.2, 0) is 17.8 Å². The number of nitrogens with one attached hydrogen (secondary N) is 1. The molecule has 1 aliphatic carbocycles. The summed E-state index contributed by atoms with van der Waals surface area (Å²) in [6.45, 7) is 0.0306. The van der Waals surface area contributed by atoms with Crippen LogP contribution in [-0.4, -0.2) is 31.2 Å². The molecule has 5 heteroatoms. The van der Waals surface area contributed by atoms with E-state index >= 15 is 0 Å². The molecule has 0 aliphatic heterocycles. The lowest BCUT2D eigenvalue weighted by Crippen LogP contribution is -2.45. The predicted octanol–water partition coefficient (Wildman–Crippen LogP) is 3.03. The molecular weight excluding hydrogens is 352 g/mol. The largest absolute Gasteiger partial charge is 0.496 e. The lowest BCUT2D eigenvalue weighted by atomic mass is 9.68. The summed E-state index contributed by atoms with van der Waals surface area (Å²) in [7, 11) is 3.62. The van der Waals surface area contributed by atoms with Gasteiger partial charge in [0.1, 0.15) is 5.75 Å². The van der Waals surface area contributed by atoms with Crippen LogP contribution in [0, 0.1) is 5.41 Å². The average Bonchev–Trinajstić information content (AvgIpc) is 2.74. The maximum absolute atomic E-state index is 12.4. The summed E-state index contributed by atoms with van der Waals surface area (Å²) >= 11 is 0. The fraction of sp³-hybridized carbons (Fsp3) is 0.435. The summed E-state index contributed by atoms with van der Waals surface area (Å²) in [4.78, 5) is 12.4. The number of hydrogen-bond donors (Lipinski definition) is 3. The molecule has 0 heterocycles. The molecule has 0 unspecified atom stereocenters. The minimum atomic E-state index is -0.528. The van der Waals surface area contributed by atoms with Gasteiger partial charge in [-0.2, -0.15) is 0 Å². The number of aliphatic hydroxyl groups is 1. The van der Waals surface area contributed by atoms with Gasteiger partial charge in [0.25, 0.3) is 0 Å². The van der Waals surface area contributed by atoms with Crippen molar-refractivity contribution in [2.24, 2.45) is 11.1 Å². The maximum Gasteiger partial charge on any atom is 0.223 e. The summed E-state index contributed by atoms with van der Waals surface area (Å²) in [5.41, 5.74) is 9.37. The molecule has 2 aromatic carbocycles. The molecule has 5 nitrogen and oxygen atoms in total. The van der Waals surface area contributed by atoms with Gasteiger partial charge in [0.15, 0.2) is 0 Å². The molecular formula is C23H30N2O3. The molecule has 28 heavy (non-hydrogen) atoms. The molecule has 150 valence electrons. The summed E-state index contributed by atoms with van der Waals surface area (Å²) in [6.07, 6.45) is 4.05. The highest BCUT2D eigenvalue weighted by Gasteiger charge is 2.40. The zero-order valence-corrected chi connectivity index (χ0v) is 16.7. The Morgan fingerprint density at radius 3 is 2.36 bits per heavy atom. The second-order valence-corrected chi connectivity index (χ2v) is 7.77. The number of ether oxygens (including phenoxy) is 1. The Morgan fingerprint density at radius 2 is 1.82 bits per heavy atom. The quantitative estimate of drug-likeness (QED) is 0.687. The van der Waals surface area contributed by atoms with Gasteiger partial charge < -0.3 is 20.9 Å². The summed E-state index contributed by atoms with van der Waals surface area (Å²) in [6, 6.07) is 14.4. The van der Waals surface area contributed by atoms with E-state index in [0.29, 0.717) is 12.5 Å². The first-order chi connectivity index (χ1) is 13.5. The molecule has 0 spiro atoms. The number of amides is 1. The van der Waals surface area contributed by atoms with Crippen LogP contribution in [0.2, 0.25) is 0 Å². The highest BCUT2D eigenvalue weighted by atomic mass is 16.5. The van der Waals surface area contributed by atoms with Crippen molar-refractivity contribution in [3.8, 4) is 16.9 Å². The number of nitrogens with two attached hydrogens (primary N) is 1. The third-order valence-corrected chi connectivity index (χ3v) is 6.15. The van der Waals surface area contributed by atoms with Crippen LogP contribution in [0.15, 0.2) is 42.5 Å². The van der Waals surface area contributed by atoms with E-state index < -0.39 is 5.41 Å². The summed E-state index contributed by atoms with van der Waals surface area (Å²) in [5.74, 6) is 0.564. The second-order valence-electron chi connectivity index (χ2n) is 7.77. The molecule has 0 saturated heterocycles. The van der Waals surface area contributed by atoms with Crippen molar-refractivity contribution in [1.29, 1.82) is 0 Å². The highest BCUT2D eigenvalue weighted by molar-refractivity contribution is 5.81. The molecule has 0 atom stereocenters. The van der Waals surface area contributed by atoms with Crippen LogP contribution < -0.4 is 15.8 Å². The predicted molar refractivity (Wildman–Crippen MR) is 111 cm³/mol. The van der Waals surface area contributed by atoms with Gasteiger partial charge in [0.2, 0.25) is 5.91 Å². The van der Waals surface area contributed by atoms with Crippen molar-refractivity contribution in [3.63, 3.8) is 0 Å². The van der Waals surface area contributed by atoms with E-state index in [2.05, 4.69) is 11.4 Å². The van der Waals surface area contributed by atoms with E-state index in [9.17, 15) is 9.90 Å². The van der Waals surface area contributed by atoms with Crippen LogP contribution in [0.25, 0.3) is 11.1 Å². The molecule has 4 N–H and O–H groups in total. The van der Waals surface area contributed by atoms with E-state index in [4.69, 9.17) is 10.5 Å². The Labute approximate surface area is 166 Å². The number of aliphatic hydroxyl groups excluding tert-OH is 1. The van der Waals surface area contributed by atoms with Crippen LogP contribution in [0.5, 0.6) is 5.75 Å². The molecule has 1 saturated carbocycles. The van der Waals surface area contributed by atoms with Gasteiger partial charge in [0, 0.05) is 6.04 Å². The fourth-order valence-electron chi connectivity index (χ4n) is 4.23. The molecule has 1 amide bonds. The van der Waals surface area contributed by atoms with Gasteiger partial charge in [-0.05, 0) is 73.5 Å². The Balaban J connectivity index is 1.91. The maximum atomic E-state index is 12.4. The first kappa shape index (κ1) is 20.4. The number of rotatable bonds is 7. The van der Waals surface area contributed by atoms with Gasteiger partial charge in [-0.3, -0.25) is 4.79 Å². The first-order valence-corrected chi connectivity index (χ1v) is 9.85. The molecule has 3 rings (SSSR count). The van der Waals surface area contributed by atoms with Crippen LogP contribution in [0.3, 0.4) is 0 Å². The topological polar surface area (TPSA) is 84.6 Å². The Kier molecular flexibility index (Phi) is 6.37. The van der Waals surface area contributed by atoms with Gasteiger partial charge in [-0.25, -0.2) is 0 Å². The van der Waals surface area contributed by atoms with Crippen molar-refractivity contribution >= 4 is 5.91 Å². The van der Waals surface area contributed by atoms with E-state index in [-0.39, 0.29) is 12.5 Å². The number of primary amides is 1. The van der Waals surface area contributed by atoms with Crippen LogP contribution >= 0.6 is 0 Å². The lowest BCUT2D eigenvalue weighted by Gasteiger charge is -2.38. The SMILES string of the molecule is CNC1CCC(Cc2cc(-c3ccc(CO)cc3)ccc2OC)(C(N)=O)CC1. The minimum Gasteiger partial charge on any atom is -0.496 e. The highest BCUT2D eigenvalue weighted by Crippen LogP contribution is 2.41. The van der Waals surface area contributed by atoms with Crippen molar-refractivity contribution in [3.05, 3.63) is 53.6 Å². The number of carbonyl (C=O) groups is 1. The Hall–Kier alpha value is -2.37. The van der Waals surface area contributed by atoms with E-state index in [0.717, 1.165) is 53.7 Å². The number of methoxy groups -OCH3 is 1. The van der Waals surface area contributed by atoms with Crippen molar-refractivity contribution in [2.45, 2.75) is 44.8 Å². The number of carbonyl (C=O) groups excluding carboxylic acids is 1. The lowest BCUT2D eigenvalue weighted by molar-refractivity contribution is -0.129. The van der Waals surface area contributed by atoms with Crippen molar-refractivity contribution in [2.75, 3.05) is 14.2 Å². The van der Waals surface area contributed by atoms with E-state index in [1.807, 2.05) is 43.4 Å². The monoisotopic (exact) mass is 382 g/mol. The average molecular weight is 383 g/mol. The fourth-order valence-corrected chi connectivity index (χ4v) is 4.23. The van der Waals surface area contributed by atoms with Crippen LogP contribution in [0.4, 0.5) is 0 Å². The van der Waals surface area contributed by atoms with Gasteiger partial charge >= 0.3 is 0 Å². The summed E-state index contributed by atoms with van der Waals surface area (Å²) < 4.78 is 5.58. The molecule has 1 aliphatic rings. The van der Waals surface area contributed by atoms with Gasteiger partial charge in [0.05, 0.1) is 19.1 Å². The first-order valence-electron chi connectivity index (χ1n) is 9.85. The third-order valence-electron chi connectivity index (χ3n) is 6.15. The number of hydrogen-bond acceptors (Lipinski definition) is 4. The van der Waals surface area contributed by atoms with Crippen molar-refractivity contribution < 1.29 is 14.6 Å². The summed E-state index contributed by atoms with van der Waals surface area (Å²) in [5, 5.41) is 12.6. The van der Waals surface area contributed by atoms with Gasteiger partial charge in [-0.15, -0.1) is 0 Å². The number of benzene rings is 2. The van der Waals surface area contributed by atoms with Gasteiger partial charge in [-0.1, -0.05) is 30.3 Å². The van der Waals surface area contributed by atoms with Crippen molar-refractivity contribution in [1.82, 2.24) is 5.32 Å². The zero-order chi connectivity index (χ0) is 20.1. The Morgan fingerprint density at radius 1 is 1.18 bits per heavy atom. The smallest absolute Gasteiger partial charge is 0.223 e. The second kappa shape index (κ2) is 8.76. The molecule has 0 aromatic heterocycles. The molecule has 1 fully saturated rings. The molecule has 0 bridgehead atoms. The standard InChI is InChI=1S/C23H30N2O3/c1-25-20-9-11-23(12-10-20,22(24)27)14-19-13-18(7-8-21(19)28-2)17-5-3-16(15-26)4-6-17/h3-8,13,20,25-26H,9-12,14-15H2,1-2H3,(H2,24,27).